The summed E-state index contributed by atoms with van der Waals surface area (Å²) < 4.78 is 5.55. The van der Waals surface area contributed by atoms with Crippen molar-refractivity contribution in [2.24, 2.45) is 5.92 Å². The number of carbonyl (C=O) groups is 2. The molecule has 1 aromatic carbocycles. The van der Waals surface area contributed by atoms with Crippen LogP contribution in [0.25, 0.3) is 0 Å². The van der Waals surface area contributed by atoms with Gasteiger partial charge in [-0.25, -0.2) is 0 Å². The maximum Gasteiger partial charge on any atom is 0.257 e. The Balaban J connectivity index is 1.90. The molecule has 19 heavy (non-hydrogen) atoms. The quantitative estimate of drug-likeness (QED) is 0.797. The number of benzene rings is 1. The van der Waals surface area contributed by atoms with Gasteiger partial charge in [-0.1, -0.05) is 0 Å². The molecule has 2 rings (SSSR count). The van der Waals surface area contributed by atoms with Crippen LogP contribution >= 0.6 is 0 Å². The van der Waals surface area contributed by atoms with Gasteiger partial charge in [0.25, 0.3) is 5.91 Å². The normalized spacial score (nSPS) is 14.0. The predicted molar refractivity (Wildman–Crippen MR) is 72.5 cm³/mol. The Kier molecular flexibility index (Phi) is 4.20. The lowest BCUT2D eigenvalue weighted by atomic mass is 10.1. The summed E-state index contributed by atoms with van der Waals surface area (Å²) in [6.45, 7) is 4.52. The minimum atomic E-state index is -0.0924. The molecule has 0 atom stereocenters. The number of hydrogen-bond acceptors (Lipinski definition) is 3. The number of nitrogens with one attached hydrogen (secondary N) is 1. The largest absolute Gasteiger partial charge is 0.483 e. The van der Waals surface area contributed by atoms with E-state index in [1.807, 2.05) is 13.8 Å². The fourth-order valence-corrected chi connectivity index (χ4v) is 2.05. The van der Waals surface area contributed by atoms with Crippen LogP contribution in [0.3, 0.4) is 0 Å². The van der Waals surface area contributed by atoms with Gasteiger partial charge in [0.05, 0.1) is 0 Å². The maximum absolute atomic E-state index is 11.6. The molecule has 4 heteroatoms. The van der Waals surface area contributed by atoms with Gasteiger partial charge in [-0.05, 0) is 55.9 Å². The molecule has 1 aliphatic carbocycles. The molecule has 0 aliphatic heterocycles. The first-order valence-electron chi connectivity index (χ1n) is 6.56. The molecule has 1 fully saturated rings. The fraction of sp³-hybridized carbons (Fsp3) is 0.467. The summed E-state index contributed by atoms with van der Waals surface area (Å²) in [5.41, 5.74) is 2.37. The molecular weight excluding hydrogens is 242 g/mol. The zero-order chi connectivity index (χ0) is 13.8. The van der Waals surface area contributed by atoms with Gasteiger partial charge in [0, 0.05) is 12.1 Å². The van der Waals surface area contributed by atoms with E-state index in [2.05, 4.69) is 5.32 Å². The van der Waals surface area contributed by atoms with Gasteiger partial charge >= 0.3 is 0 Å². The van der Waals surface area contributed by atoms with Crippen molar-refractivity contribution in [3.63, 3.8) is 0 Å². The zero-order valence-corrected chi connectivity index (χ0v) is 11.4. The minimum Gasteiger partial charge on any atom is -0.483 e. The molecule has 0 saturated heterocycles. The highest BCUT2D eigenvalue weighted by Crippen LogP contribution is 2.27. The van der Waals surface area contributed by atoms with Crippen molar-refractivity contribution < 1.29 is 14.3 Å². The Labute approximate surface area is 113 Å². The summed E-state index contributed by atoms with van der Waals surface area (Å²) >= 11 is 0. The number of hydrogen-bond donors (Lipinski definition) is 1. The van der Waals surface area contributed by atoms with Crippen molar-refractivity contribution in [2.45, 2.75) is 26.7 Å². The predicted octanol–water partition coefficient (Wildman–Crippen LogP) is 2.02. The van der Waals surface area contributed by atoms with E-state index in [-0.39, 0.29) is 12.5 Å². The third-order valence-electron chi connectivity index (χ3n) is 3.25. The number of aryl methyl sites for hydroxylation is 2. The number of aldehydes is 1. The van der Waals surface area contributed by atoms with Crippen LogP contribution in [-0.4, -0.2) is 25.3 Å². The topological polar surface area (TPSA) is 55.4 Å². The molecule has 0 spiro atoms. The van der Waals surface area contributed by atoms with Crippen molar-refractivity contribution in [2.75, 3.05) is 13.2 Å². The molecule has 4 nitrogen and oxygen atoms in total. The van der Waals surface area contributed by atoms with Crippen molar-refractivity contribution >= 4 is 12.2 Å². The second-order valence-corrected chi connectivity index (χ2v) is 5.14. The van der Waals surface area contributed by atoms with Gasteiger partial charge in [0.1, 0.15) is 12.0 Å². The van der Waals surface area contributed by atoms with Crippen LogP contribution in [-0.2, 0) is 4.79 Å². The molecule has 0 bridgehead atoms. The Morgan fingerprint density at radius 1 is 1.37 bits per heavy atom. The number of rotatable bonds is 6. The van der Waals surface area contributed by atoms with Gasteiger partial charge in [-0.15, -0.1) is 0 Å². The first-order valence-corrected chi connectivity index (χ1v) is 6.56. The Morgan fingerprint density at radius 2 is 2.00 bits per heavy atom. The molecule has 0 aromatic heterocycles. The molecule has 1 aliphatic rings. The molecule has 102 valence electrons. The summed E-state index contributed by atoms with van der Waals surface area (Å²) in [7, 11) is 0. The van der Waals surface area contributed by atoms with E-state index in [0.29, 0.717) is 17.2 Å². The van der Waals surface area contributed by atoms with Crippen LogP contribution < -0.4 is 10.1 Å². The zero-order valence-electron chi connectivity index (χ0n) is 11.4. The lowest BCUT2D eigenvalue weighted by Crippen LogP contribution is -2.30. The molecule has 1 N–H and O–H groups in total. The molecule has 0 radical (unpaired) electrons. The minimum absolute atomic E-state index is 0.0227. The molecular formula is C15H19NO3. The van der Waals surface area contributed by atoms with Gasteiger partial charge in [0.2, 0.25) is 0 Å². The maximum atomic E-state index is 11.6. The van der Waals surface area contributed by atoms with E-state index in [9.17, 15) is 9.59 Å². The van der Waals surface area contributed by atoms with Crippen LogP contribution in [0.15, 0.2) is 12.1 Å². The van der Waals surface area contributed by atoms with E-state index < -0.39 is 0 Å². The van der Waals surface area contributed by atoms with E-state index in [1.54, 1.807) is 12.1 Å². The molecule has 0 heterocycles. The average Bonchev–Trinajstić information content (AvgIpc) is 3.19. The standard InChI is InChI=1S/C15H19NO3/c1-10-5-13(8-17)6-11(2)15(10)19-9-14(18)16-7-12-3-4-12/h5-6,8,12H,3-4,7,9H2,1-2H3,(H,16,18). The summed E-state index contributed by atoms with van der Waals surface area (Å²) in [5, 5.41) is 2.86. The number of ether oxygens (including phenoxy) is 1. The monoisotopic (exact) mass is 261 g/mol. The highest BCUT2D eigenvalue weighted by atomic mass is 16.5. The Bertz CT molecular complexity index is 469. The molecule has 1 amide bonds. The summed E-state index contributed by atoms with van der Waals surface area (Å²) in [4.78, 5) is 22.3. The lowest BCUT2D eigenvalue weighted by Gasteiger charge is -2.12. The first-order chi connectivity index (χ1) is 9.10. The highest BCUT2D eigenvalue weighted by Gasteiger charge is 2.21. The Hall–Kier alpha value is -1.84. The third kappa shape index (κ3) is 3.81. The van der Waals surface area contributed by atoms with Crippen molar-refractivity contribution in [3.8, 4) is 5.75 Å². The Morgan fingerprint density at radius 3 is 2.53 bits per heavy atom. The molecule has 0 unspecified atom stereocenters. The first kappa shape index (κ1) is 13.6. The van der Waals surface area contributed by atoms with Crippen LogP contribution in [0.5, 0.6) is 5.75 Å². The second kappa shape index (κ2) is 5.87. The van der Waals surface area contributed by atoms with Crippen LogP contribution in [0.2, 0.25) is 0 Å². The summed E-state index contributed by atoms with van der Waals surface area (Å²) in [6.07, 6.45) is 3.24. The van der Waals surface area contributed by atoms with Crippen molar-refractivity contribution in [3.05, 3.63) is 28.8 Å². The van der Waals surface area contributed by atoms with Gasteiger partial charge in [0.15, 0.2) is 6.61 Å². The van der Waals surface area contributed by atoms with Crippen molar-refractivity contribution in [1.82, 2.24) is 5.32 Å². The number of carbonyl (C=O) groups excluding carboxylic acids is 2. The van der Waals surface area contributed by atoms with Gasteiger partial charge in [-0.3, -0.25) is 9.59 Å². The summed E-state index contributed by atoms with van der Waals surface area (Å²) in [6, 6.07) is 3.52. The highest BCUT2D eigenvalue weighted by molar-refractivity contribution is 5.78. The third-order valence-corrected chi connectivity index (χ3v) is 3.25. The van der Waals surface area contributed by atoms with Crippen LogP contribution in [0.4, 0.5) is 0 Å². The lowest BCUT2D eigenvalue weighted by molar-refractivity contribution is -0.123. The second-order valence-electron chi connectivity index (χ2n) is 5.14. The van der Waals surface area contributed by atoms with Crippen LogP contribution in [0, 0.1) is 19.8 Å². The van der Waals surface area contributed by atoms with E-state index in [1.165, 1.54) is 12.8 Å². The smallest absolute Gasteiger partial charge is 0.257 e. The van der Waals surface area contributed by atoms with E-state index >= 15 is 0 Å². The summed E-state index contributed by atoms with van der Waals surface area (Å²) in [5.74, 6) is 1.26. The molecule has 1 aromatic rings. The van der Waals surface area contributed by atoms with Crippen molar-refractivity contribution in [1.29, 1.82) is 0 Å². The average molecular weight is 261 g/mol. The fourth-order valence-electron chi connectivity index (χ4n) is 2.05. The van der Waals surface area contributed by atoms with Gasteiger partial charge in [-0.2, -0.15) is 0 Å². The SMILES string of the molecule is Cc1cc(C=O)cc(C)c1OCC(=O)NCC1CC1. The molecule has 1 saturated carbocycles. The number of amides is 1. The van der Waals surface area contributed by atoms with Crippen LogP contribution in [0.1, 0.15) is 34.3 Å². The van der Waals surface area contributed by atoms with Gasteiger partial charge < -0.3 is 10.1 Å². The van der Waals surface area contributed by atoms with E-state index in [0.717, 1.165) is 24.0 Å². The van der Waals surface area contributed by atoms with E-state index in [4.69, 9.17) is 4.74 Å².